The number of β-amino-alcohol motifs (C(OH)–C–C–N with tert-alkyl or cyclic N) is 2. The Hall–Kier alpha value is -0.160. The quantitative estimate of drug-likeness (QED) is 0.714. The van der Waals surface area contributed by atoms with Crippen molar-refractivity contribution in [1.29, 1.82) is 0 Å². The molecule has 2 aliphatic rings. The number of piperidine rings is 1. The molecule has 118 valence electrons. The van der Waals surface area contributed by atoms with Crippen molar-refractivity contribution in [3.63, 3.8) is 0 Å². The Morgan fingerprint density at radius 3 is 1.85 bits per heavy atom. The summed E-state index contributed by atoms with van der Waals surface area (Å²) in [7, 11) is 0. The number of aliphatic hydroxyl groups is 3. The van der Waals surface area contributed by atoms with Crippen LogP contribution in [0.1, 0.15) is 46.5 Å². The lowest BCUT2D eigenvalue weighted by Gasteiger charge is -2.41. The standard InChI is InChI=1S/C16H31NO3/c1-16(2,3)12-6-4-11(5-7-12)8-17-9-13(18)15(20)14(19)10-17/h11-15,18-20H,4-10H2,1-3H3. The minimum atomic E-state index is -0.983. The normalized spacial score (nSPS) is 40.8. The lowest BCUT2D eigenvalue weighted by atomic mass is 9.70. The van der Waals surface area contributed by atoms with Gasteiger partial charge in [-0.05, 0) is 42.9 Å². The van der Waals surface area contributed by atoms with Crippen LogP contribution in [0, 0.1) is 17.3 Å². The summed E-state index contributed by atoms with van der Waals surface area (Å²) in [4.78, 5) is 2.12. The molecule has 0 radical (unpaired) electrons. The first-order valence-electron chi connectivity index (χ1n) is 8.04. The van der Waals surface area contributed by atoms with E-state index in [1.54, 1.807) is 0 Å². The van der Waals surface area contributed by atoms with Gasteiger partial charge in [0.15, 0.2) is 0 Å². The van der Waals surface area contributed by atoms with E-state index in [-0.39, 0.29) is 0 Å². The molecule has 2 rings (SSSR count). The minimum absolute atomic E-state index is 0.409. The summed E-state index contributed by atoms with van der Waals surface area (Å²) in [5.74, 6) is 1.49. The van der Waals surface area contributed by atoms with Gasteiger partial charge in [0.1, 0.15) is 6.10 Å². The molecule has 0 spiro atoms. The zero-order valence-corrected chi connectivity index (χ0v) is 13.1. The van der Waals surface area contributed by atoms with Gasteiger partial charge in [-0.2, -0.15) is 0 Å². The van der Waals surface area contributed by atoms with Gasteiger partial charge >= 0.3 is 0 Å². The van der Waals surface area contributed by atoms with Crippen molar-refractivity contribution in [2.45, 2.75) is 64.8 Å². The molecule has 0 aromatic carbocycles. The summed E-state index contributed by atoms with van der Waals surface area (Å²) in [5, 5.41) is 29.1. The van der Waals surface area contributed by atoms with Crippen LogP contribution in [0.15, 0.2) is 0 Å². The van der Waals surface area contributed by atoms with E-state index in [0.717, 1.165) is 12.5 Å². The van der Waals surface area contributed by atoms with E-state index in [2.05, 4.69) is 25.7 Å². The molecule has 4 nitrogen and oxygen atoms in total. The van der Waals surface area contributed by atoms with E-state index in [0.29, 0.717) is 24.4 Å². The lowest BCUT2D eigenvalue weighted by molar-refractivity contribution is -0.112. The van der Waals surface area contributed by atoms with E-state index in [1.165, 1.54) is 25.7 Å². The SMILES string of the molecule is CC(C)(C)C1CCC(CN2CC(O)C(O)C(O)C2)CC1. The van der Waals surface area contributed by atoms with Crippen molar-refractivity contribution >= 4 is 0 Å². The maximum Gasteiger partial charge on any atom is 0.108 e. The molecule has 1 saturated carbocycles. The van der Waals surface area contributed by atoms with Gasteiger partial charge in [-0.15, -0.1) is 0 Å². The van der Waals surface area contributed by atoms with Gasteiger partial charge in [0, 0.05) is 19.6 Å². The molecule has 20 heavy (non-hydrogen) atoms. The minimum Gasteiger partial charge on any atom is -0.389 e. The van der Waals surface area contributed by atoms with Crippen LogP contribution in [0.2, 0.25) is 0 Å². The van der Waals surface area contributed by atoms with Gasteiger partial charge in [0.25, 0.3) is 0 Å². The fourth-order valence-corrected chi connectivity index (χ4v) is 3.80. The highest BCUT2D eigenvalue weighted by molar-refractivity contribution is 4.88. The second-order valence-corrected chi connectivity index (χ2v) is 7.93. The van der Waals surface area contributed by atoms with Gasteiger partial charge in [-0.1, -0.05) is 20.8 Å². The van der Waals surface area contributed by atoms with Crippen LogP contribution in [-0.4, -0.2) is 58.2 Å². The van der Waals surface area contributed by atoms with E-state index in [9.17, 15) is 15.3 Å². The van der Waals surface area contributed by atoms with Crippen LogP contribution in [0.5, 0.6) is 0 Å². The summed E-state index contributed by atoms with van der Waals surface area (Å²) in [6.45, 7) is 8.90. The van der Waals surface area contributed by atoms with Crippen molar-refractivity contribution in [3.8, 4) is 0 Å². The van der Waals surface area contributed by atoms with Crippen molar-refractivity contribution in [2.24, 2.45) is 17.3 Å². The molecule has 2 unspecified atom stereocenters. The van der Waals surface area contributed by atoms with Gasteiger partial charge in [-0.3, -0.25) is 4.90 Å². The first-order valence-corrected chi connectivity index (χ1v) is 8.04. The molecule has 2 fully saturated rings. The Kier molecular flexibility index (Phi) is 5.11. The first kappa shape index (κ1) is 16.2. The number of rotatable bonds is 2. The molecule has 2 atom stereocenters. The molecule has 1 saturated heterocycles. The van der Waals surface area contributed by atoms with E-state index in [4.69, 9.17) is 0 Å². The zero-order valence-electron chi connectivity index (χ0n) is 13.1. The predicted molar refractivity (Wildman–Crippen MR) is 79.4 cm³/mol. The number of likely N-dealkylation sites (tertiary alicyclic amines) is 1. The second-order valence-electron chi connectivity index (χ2n) is 7.93. The fraction of sp³-hybridized carbons (Fsp3) is 1.00. The van der Waals surface area contributed by atoms with Crippen LogP contribution in [0.4, 0.5) is 0 Å². The molecule has 0 aromatic rings. The Morgan fingerprint density at radius 2 is 1.40 bits per heavy atom. The zero-order chi connectivity index (χ0) is 14.9. The van der Waals surface area contributed by atoms with Crippen LogP contribution in [0.25, 0.3) is 0 Å². The number of aliphatic hydroxyl groups excluding tert-OH is 3. The van der Waals surface area contributed by atoms with Crippen LogP contribution >= 0.6 is 0 Å². The summed E-state index contributed by atoms with van der Waals surface area (Å²) >= 11 is 0. The fourth-order valence-electron chi connectivity index (χ4n) is 3.80. The molecular formula is C16H31NO3. The summed E-state index contributed by atoms with van der Waals surface area (Å²) < 4.78 is 0. The third-order valence-electron chi connectivity index (χ3n) is 5.27. The molecule has 3 N–H and O–H groups in total. The Morgan fingerprint density at radius 1 is 0.900 bits per heavy atom. The van der Waals surface area contributed by atoms with Crippen LogP contribution < -0.4 is 0 Å². The van der Waals surface area contributed by atoms with Gasteiger partial charge in [0.05, 0.1) is 12.2 Å². The maximum absolute atomic E-state index is 9.75. The molecule has 4 heteroatoms. The molecule has 1 heterocycles. The topological polar surface area (TPSA) is 63.9 Å². The predicted octanol–water partition coefficient (Wildman–Crippen LogP) is 1.24. The highest BCUT2D eigenvalue weighted by atomic mass is 16.4. The van der Waals surface area contributed by atoms with E-state index in [1.807, 2.05) is 0 Å². The monoisotopic (exact) mass is 285 g/mol. The third-order valence-corrected chi connectivity index (χ3v) is 5.27. The van der Waals surface area contributed by atoms with E-state index >= 15 is 0 Å². The maximum atomic E-state index is 9.75. The Bertz CT molecular complexity index is 295. The number of hydrogen-bond donors (Lipinski definition) is 3. The lowest BCUT2D eigenvalue weighted by Crippen LogP contribution is -2.56. The molecule has 1 aliphatic heterocycles. The van der Waals surface area contributed by atoms with Crippen molar-refractivity contribution in [3.05, 3.63) is 0 Å². The second kappa shape index (κ2) is 6.30. The molecule has 0 aromatic heterocycles. The summed E-state index contributed by atoms with van der Waals surface area (Å²) in [6, 6.07) is 0. The van der Waals surface area contributed by atoms with Crippen molar-refractivity contribution < 1.29 is 15.3 Å². The Labute approximate surface area is 122 Å². The summed E-state index contributed by atoms with van der Waals surface area (Å²) in [5.41, 5.74) is 0.409. The summed E-state index contributed by atoms with van der Waals surface area (Å²) in [6.07, 6.45) is 2.45. The average molecular weight is 285 g/mol. The van der Waals surface area contributed by atoms with Crippen LogP contribution in [-0.2, 0) is 0 Å². The average Bonchev–Trinajstić information content (AvgIpc) is 2.35. The highest BCUT2D eigenvalue weighted by Crippen LogP contribution is 2.40. The number of hydrogen-bond acceptors (Lipinski definition) is 4. The van der Waals surface area contributed by atoms with Gasteiger partial charge in [0.2, 0.25) is 0 Å². The molecule has 0 bridgehead atoms. The molecular weight excluding hydrogens is 254 g/mol. The van der Waals surface area contributed by atoms with Crippen LogP contribution in [0.3, 0.4) is 0 Å². The molecule has 0 amide bonds. The largest absolute Gasteiger partial charge is 0.389 e. The van der Waals surface area contributed by atoms with E-state index < -0.39 is 18.3 Å². The van der Waals surface area contributed by atoms with Crippen molar-refractivity contribution in [2.75, 3.05) is 19.6 Å². The van der Waals surface area contributed by atoms with Gasteiger partial charge < -0.3 is 15.3 Å². The Balaban J connectivity index is 1.78. The number of nitrogens with zero attached hydrogens (tertiary/aromatic N) is 1. The highest BCUT2D eigenvalue weighted by Gasteiger charge is 2.35. The third kappa shape index (κ3) is 3.94. The smallest absolute Gasteiger partial charge is 0.108 e. The van der Waals surface area contributed by atoms with Crippen molar-refractivity contribution in [1.82, 2.24) is 4.90 Å². The van der Waals surface area contributed by atoms with Gasteiger partial charge in [-0.25, -0.2) is 0 Å². The first-order chi connectivity index (χ1) is 9.27. The molecule has 1 aliphatic carbocycles.